The van der Waals surface area contributed by atoms with Gasteiger partial charge in [-0.3, -0.25) is 4.79 Å². The van der Waals surface area contributed by atoms with E-state index < -0.39 is 19.0 Å². The first-order valence-electron chi connectivity index (χ1n) is 8.80. The lowest BCUT2D eigenvalue weighted by Gasteiger charge is -2.16. The molecule has 0 bridgehead atoms. The van der Waals surface area contributed by atoms with E-state index in [0.717, 1.165) is 16.3 Å². The van der Waals surface area contributed by atoms with E-state index in [9.17, 15) is 22.4 Å². The molecule has 1 aromatic heterocycles. The number of fused-ring (bicyclic) bond motifs is 3. The van der Waals surface area contributed by atoms with Gasteiger partial charge in [0.05, 0.1) is 5.52 Å². The molecule has 1 heterocycles. The predicted octanol–water partition coefficient (Wildman–Crippen LogP) is 5.83. The van der Waals surface area contributed by atoms with Crippen LogP contribution < -0.4 is 4.74 Å². The van der Waals surface area contributed by atoms with Gasteiger partial charge < -0.3 is 9.72 Å². The maximum Gasteiger partial charge on any atom is 0.340 e. The minimum Gasteiger partial charge on any atom is -0.487 e. The van der Waals surface area contributed by atoms with Crippen molar-refractivity contribution in [2.24, 2.45) is 0 Å². The number of aromatic nitrogens is 1. The molecule has 0 radical (unpaired) electrons. The van der Waals surface area contributed by atoms with Crippen molar-refractivity contribution < 1.29 is 27.1 Å². The van der Waals surface area contributed by atoms with Crippen molar-refractivity contribution in [3.63, 3.8) is 0 Å². The number of hydrogen-bond donors (Lipinski definition) is 1. The fourth-order valence-electron chi connectivity index (χ4n) is 3.16. The Morgan fingerprint density at radius 1 is 0.931 bits per heavy atom. The second-order valence-corrected chi connectivity index (χ2v) is 6.60. The quantitative estimate of drug-likeness (QED) is 0.326. The van der Waals surface area contributed by atoms with Gasteiger partial charge in [0.15, 0.2) is 12.4 Å². The molecule has 0 amide bonds. The van der Waals surface area contributed by atoms with Crippen LogP contribution in [0.15, 0.2) is 66.7 Å². The smallest absolute Gasteiger partial charge is 0.340 e. The van der Waals surface area contributed by atoms with Gasteiger partial charge in [-0.15, -0.1) is 0 Å². The van der Waals surface area contributed by atoms with Gasteiger partial charge >= 0.3 is 12.3 Å². The number of rotatable bonds is 6. The number of aromatic amines is 1. The largest absolute Gasteiger partial charge is 0.487 e. The van der Waals surface area contributed by atoms with Crippen molar-refractivity contribution in [2.45, 2.75) is 12.3 Å². The lowest BCUT2D eigenvalue weighted by atomic mass is 10.0. The predicted molar refractivity (Wildman–Crippen MR) is 102 cm³/mol. The fourth-order valence-corrected chi connectivity index (χ4v) is 3.16. The summed E-state index contributed by atoms with van der Waals surface area (Å²) in [5.74, 6) is -4.52. The van der Waals surface area contributed by atoms with Crippen molar-refractivity contribution in [2.75, 3.05) is 6.61 Å². The molecule has 29 heavy (non-hydrogen) atoms. The third kappa shape index (κ3) is 3.55. The molecule has 1 N–H and O–H groups in total. The molecule has 0 unspecified atom stereocenters. The van der Waals surface area contributed by atoms with Crippen molar-refractivity contribution in [1.82, 2.24) is 4.98 Å². The average molecular weight is 401 g/mol. The van der Waals surface area contributed by atoms with Gasteiger partial charge in [0.25, 0.3) is 0 Å². The molecule has 0 aliphatic rings. The van der Waals surface area contributed by atoms with E-state index in [4.69, 9.17) is 4.74 Å². The fraction of sp³-hybridized carbons (Fsp3) is 0.136. The van der Waals surface area contributed by atoms with E-state index in [1.807, 2.05) is 30.3 Å². The van der Waals surface area contributed by atoms with Crippen LogP contribution in [-0.2, 0) is 0 Å². The molecule has 0 aliphatic carbocycles. The van der Waals surface area contributed by atoms with Gasteiger partial charge in [0.1, 0.15) is 5.75 Å². The SMILES string of the molecule is O=C(c1ccc(OCC(F)(F)C(F)F)cc1)c1cccc2c1[nH]c1ccccc12. The third-order valence-electron chi connectivity index (χ3n) is 4.65. The standard InChI is InChI=1S/C22H15F4NO2/c23-21(24)22(25,26)12-29-14-10-8-13(9-11-14)20(28)17-6-3-5-16-15-4-1-2-7-18(15)27-19(16)17/h1-11,21,27H,12H2. The summed E-state index contributed by atoms with van der Waals surface area (Å²) in [6, 6.07) is 18.6. The molecule has 3 nitrogen and oxygen atoms in total. The summed E-state index contributed by atoms with van der Waals surface area (Å²) in [5.41, 5.74) is 2.41. The zero-order valence-electron chi connectivity index (χ0n) is 15.0. The number of carbonyl (C=O) groups is 1. The van der Waals surface area contributed by atoms with E-state index >= 15 is 0 Å². The Kier molecular flexibility index (Phi) is 4.74. The maximum absolute atomic E-state index is 13.0. The number of alkyl halides is 4. The van der Waals surface area contributed by atoms with E-state index in [2.05, 4.69) is 4.98 Å². The molecule has 0 saturated carbocycles. The normalized spacial score (nSPS) is 12.0. The number of hydrogen-bond acceptors (Lipinski definition) is 2. The summed E-state index contributed by atoms with van der Waals surface area (Å²) in [4.78, 5) is 16.2. The molecule has 0 spiro atoms. The Hall–Kier alpha value is -3.35. The van der Waals surface area contributed by atoms with Crippen LogP contribution in [-0.4, -0.2) is 29.7 Å². The minimum absolute atomic E-state index is 0.0225. The summed E-state index contributed by atoms with van der Waals surface area (Å²) < 4.78 is 55.1. The second kappa shape index (κ2) is 7.24. The number of carbonyl (C=O) groups excluding carboxylic acids is 1. The van der Waals surface area contributed by atoms with E-state index in [1.54, 1.807) is 12.1 Å². The number of H-pyrrole nitrogens is 1. The van der Waals surface area contributed by atoms with Gasteiger partial charge in [-0.25, -0.2) is 8.78 Å². The Labute approximate surface area is 162 Å². The Bertz CT molecular complexity index is 1180. The number of benzene rings is 3. The number of para-hydroxylation sites is 2. The van der Waals surface area contributed by atoms with Crippen LogP contribution in [0.4, 0.5) is 17.6 Å². The van der Waals surface area contributed by atoms with Crippen LogP contribution in [0, 0.1) is 0 Å². The summed E-state index contributed by atoms with van der Waals surface area (Å²) >= 11 is 0. The van der Waals surface area contributed by atoms with E-state index in [1.165, 1.54) is 24.3 Å². The zero-order chi connectivity index (χ0) is 20.6. The minimum atomic E-state index is -4.24. The summed E-state index contributed by atoms with van der Waals surface area (Å²) in [5, 5.41) is 1.92. The molecule has 0 saturated heterocycles. The molecule has 0 aliphatic heterocycles. The number of nitrogens with one attached hydrogen (secondary N) is 1. The first-order valence-corrected chi connectivity index (χ1v) is 8.80. The molecule has 4 rings (SSSR count). The summed E-state index contributed by atoms with van der Waals surface area (Å²) in [6.07, 6.45) is -3.81. The lowest BCUT2D eigenvalue weighted by molar-refractivity contribution is -0.148. The molecule has 148 valence electrons. The highest BCUT2D eigenvalue weighted by Gasteiger charge is 2.41. The number of ether oxygens (including phenoxy) is 1. The Morgan fingerprint density at radius 2 is 1.62 bits per heavy atom. The van der Waals surface area contributed by atoms with Crippen molar-refractivity contribution in [1.29, 1.82) is 0 Å². The van der Waals surface area contributed by atoms with Crippen LogP contribution in [0.3, 0.4) is 0 Å². The average Bonchev–Trinajstić information content (AvgIpc) is 3.11. The topological polar surface area (TPSA) is 42.1 Å². The molecule has 4 aromatic rings. The van der Waals surface area contributed by atoms with E-state index in [0.29, 0.717) is 16.6 Å². The highest BCUT2D eigenvalue weighted by Crippen LogP contribution is 2.29. The van der Waals surface area contributed by atoms with Crippen molar-refractivity contribution in [3.05, 3.63) is 77.9 Å². The molecule has 3 aromatic carbocycles. The van der Waals surface area contributed by atoms with Gasteiger partial charge in [0, 0.05) is 27.4 Å². The Morgan fingerprint density at radius 3 is 2.34 bits per heavy atom. The first kappa shape index (κ1) is 19.0. The van der Waals surface area contributed by atoms with Crippen LogP contribution in [0.5, 0.6) is 5.75 Å². The Balaban J connectivity index is 1.60. The van der Waals surface area contributed by atoms with Crippen LogP contribution >= 0.6 is 0 Å². The number of ketones is 1. The highest BCUT2D eigenvalue weighted by atomic mass is 19.3. The van der Waals surface area contributed by atoms with Gasteiger partial charge in [-0.1, -0.05) is 30.3 Å². The molecule has 0 fully saturated rings. The van der Waals surface area contributed by atoms with Crippen LogP contribution in [0.2, 0.25) is 0 Å². The van der Waals surface area contributed by atoms with Gasteiger partial charge in [0.2, 0.25) is 0 Å². The zero-order valence-corrected chi connectivity index (χ0v) is 15.0. The van der Waals surface area contributed by atoms with E-state index in [-0.39, 0.29) is 11.5 Å². The van der Waals surface area contributed by atoms with Gasteiger partial charge in [-0.2, -0.15) is 8.78 Å². The molecular formula is C22H15F4NO2. The van der Waals surface area contributed by atoms with Crippen molar-refractivity contribution in [3.8, 4) is 5.75 Å². The van der Waals surface area contributed by atoms with Crippen LogP contribution in [0.25, 0.3) is 21.8 Å². The second-order valence-electron chi connectivity index (χ2n) is 6.60. The first-order chi connectivity index (χ1) is 13.9. The molecular weight excluding hydrogens is 386 g/mol. The lowest BCUT2D eigenvalue weighted by Crippen LogP contribution is -2.33. The monoisotopic (exact) mass is 401 g/mol. The number of halogens is 4. The maximum atomic E-state index is 13.0. The molecule has 7 heteroatoms. The van der Waals surface area contributed by atoms with Crippen LogP contribution in [0.1, 0.15) is 15.9 Å². The van der Waals surface area contributed by atoms with Crippen molar-refractivity contribution >= 4 is 27.6 Å². The highest BCUT2D eigenvalue weighted by molar-refractivity contribution is 6.20. The summed E-state index contributed by atoms with van der Waals surface area (Å²) in [7, 11) is 0. The third-order valence-corrected chi connectivity index (χ3v) is 4.65. The molecule has 0 atom stereocenters. The summed E-state index contributed by atoms with van der Waals surface area (Å²) in [6.45, 7) is -1.44. The van der Waals surface area contributed by atoms with Gasteiger partial charge in [-0.05, 0) is 36.4 Å².